The lowest BCUT2D eigenvalue weighted by Crippen LogP contribution is -2.49. The highest BCUT2D eigenvalue weighted by molar-refractivity contribution is 9.10. The third-order valence-electron chi connectivity index (χ3n) is 4.31. The minimum Gasteiger partial charge on any atom is -0.492 e. The van der Waals surface area contributed by atoms with Crippen LogP contribution >= 0.6 is 15.9 Å². The standard InChI is InChI=1S/C20H23BrN2O3/c1-2-25-19-14-17(21)8-9-18(19)22-10-12-23(13-11-22)20(24)26-15-16-6-4-3-5-7-16/h3-9,14H,2,10-13,15H2,1H3. The average Bonchev–Trinajstić information content (AvgIpc) is 2.67. The molecule has 138 valence electrons. The van der Waals surface area contributed by atoms with Gasteiger partial charge in [-0.1, -0.05) is 46.3 Å². The molecule has 0 spiro atoms. The Morgan fingerprint density at radius 1 is 1.08 bits per heavy atom. The number of ether oxygens (including phenoxy) is 2. The Bertz CT molecular complexity index is 731. The van der Waals surface area contributed by atoms with Crippen LogP contribution < -0.4 is 9.64 Å². The first kappa shape index (κ1) is 18.6. The Balaban J connectivity index is 1.55. The molecule has 3 rings (SSSR count). The van der Waals surface area contributed by atoms with Crippen LogP contribution in [0.15, 0.2) is 53.0 Å². The summed E-state index contributed by atoms with van der Waals surface area (Å²) in [5.74, 6) is 0.863. The molecule has 1 fully saturated rings. The SMILES string of the molecule is CCOc1cc(Br)ccc1N1CCN(C(=O)OCc2ccccc2)CC1. The molecule has 0 saturated carbocycles. The molecule has 2 aromatic carbocycles. The van der Waals surface area contributed by atoms with E-state index in [1.54, 1.807) is 4.90 Å². The van der Waals surface area contributed by atoms with E-state index in [1.807, 2.05) is 49.4 Å². The molecule has 0 aliphatic carbocycles. The molecule has 0 radical (unpaired) electrons. The zero-order valence-corrected chi connectivity index (χ0v) is 16.4. The molecule has 1 aliphatic rings. The van der Waals surface area contributed by atoms with Gasteiger partial charge in [0.25, 0.3) is 0 Å². The number of carbonyl (C=O) groups is 1. The van der Waals surface area contributed by atoms with Gasteiger partial charge in [-0.05, 0) is 30.7 Å². The first-order chi connectivity index (χ1) is 12.7. The molecule has 0 aromatic heterocycles. The van der Waals surface area contributed by atoms with Gasteiger partial charge in [-0.15, -0.1) is 0 Å². The first-order valence-electron chi connectivity index (χ1n) is 8.80. The van der Waals surface area contributed by atoms with Crippen molar-refractivity contribution >= 4 is 27.7 Å². The third kappa shape index (κ3) is 4.69. The third-order valence-corrected chi connectivity index (χ3v) is 4.80. The quantitative estimate of drug-likeness (QED) is 0.725. The minimum absolute atomic E-state index is 0.255. The second kappa shape index (κ2) is 8.94. The summed E-state index contributed by atoms with van der Waals surface area (Å²) in [6.45, 7) is 5.68. The number of anilines is 1. The zero-order valence-electron chi connectivity index (χ0n) is 14.9. The number of hydrogen-bond acceptors (Lipinski definition) is 4. The van der Waals surface area contributed by atoms with Crippen LogP contribution in [0.3, 0.4) is 0 Å². The summed E-state index contributed by atoms with van der Waals surface area (Å²) in [5.41, 5.74) is 2.06. The van der Waals surface area contributed by atoms with Crippen molar-refractivity contribution in [3.05, 3.63) is 58.6 Å². The Labute approximate surface area is 162 Å². The monoisotopic (exact) mass is 418 g/mol. The van der Waals surface area contributed by atoms with Gasteiger partial charge in [-0.2, -0.15) is 0 Å². The fourth-order valence-electron chi connectivity index (χ4n) is 2.96. The summed E-state index contributed by atoms with van der Waals surface area (Å²) < 4.78 is 12.2. The maximum atomic E-state index is 12.3. The van der Waals surface area contributed by atoms with Gasteiger partial charge in [-0.25, -0.2) is 4.79 Å². The Morgan fingerprint density at radius 3 is 2.50 bits per heavy atom. The first-order valence-corrected chi connectivity index (χ1v) is 9.59. The largest absolute Gasteiger partial charge is 0.492 e. The van der Waals surface area contributed by atoms with Gasteiger partial charge in [0.1, 0.15) is 12.4 Å². The number of nitrogens with zero attached hydrogens (tertiary/aromatic N) is 2. The second-order valence-corrected chi connectivity index (χ2v) is 6.98. The van der Waals surface area contributed by atoms with Crippen molar-refractivity contribution in [2.24, 2.45) is 0 Å². The van der Waals surface area contributed by atoms with E-state index in [1.165, 1.54) is 0 Å². The van der Waals surface area contributed by atoms with Gasteiger partial charge in [0.2, 0.25) is 0 Å². The molecule has 1 aliphatic heterocycles. The topological polar surface area (TPSA) is 42.0 Å². The average molecular weight is 419 g/mol. The van der Waals surface area contributed by atoms with Crippen LogP contribution in [0.1, 0.15) is 12.5 Å². The van der Waals surface area contributed by atoms with E-state index in [-0.39, 0.29) is 6.09 Å². The molecule has 26 heavy (non-hydrogen) atoms. The van der Waals surface area contributed by atoms with Crippen LogP contribution in [0.5, 0.6) is 5.75 Å². The molecule has 0 unspecified atom stereocenters. The Morgan fingerprint density at radius 2 is 1.81 bits per heavy atom. The highest BCUT2D eigenvalue weighted by Gasteiger charge is 2.24. The number of benzene rings is 2. The molecule has 1 amide bonds. The number of hydrogen-bond donors (Lipinski definition) is 0. The fraction of sp³-hybridized carbons (Fsp3) is 0.350. The van der Waals surface area contributed by atoms with Crippen LogP contribution in [0, 0.1) is 0 Å². The molecule has 5 nitrogen and oxygen atoms in total. The van der Waals surface area contributed by atoms with Crippen molar-refractivity contribution in [3.8, 4) is 5.75 Å². The molecular weight excluding hydrogens is 396 g/mol. The van der Waals surface area contributed by atoms with Crippen molar-refractivity contribution in [2.75, 3.05) is 37.7 Å². The number of piperazine rings is 1. The Hall–Kier alpha value is -2.21. The molecular formula is C20H23BrN2O3. The summed E-state index contributed by atoms with van der Waals surface area (Å²) in [6, 6.07) is 15.8. The maximum Gasteiger partial charge on any atom is 0.410 e. The molecule has 2 aromatic rings. The normalized spacial score (nSPS) is 14.2. The van der Waals surface area contributed by atoms with Crippen LogP contribution in [-0.2, 0) is 11.3 Å². The van der Waals surface area contributed by atoms with Gasteiger partial charge in [0.05, 0.1) is 12.3 Å². The van der Waals surface area contributed by atoms with Gasteiger partial charge in [-0.3, -0.25) is 0 Å². The van der Waals surface area contributed by atoms with Gasteiger partial charge in [0, 0.05) is 30.7 Å². The summed E-state index contributed by atoms with van der Waals surface area (Å²) >= 11 is 3.49. The van der Waals surface area contributed by atoms with E-state index in [4.69, 9.17) is 9.47 Å². The van der Waals surface area contributed by atoms with Crippen LogP contribution in [0.25, 0.3) is 0 Å². The highest BCUT2D eigenvalue weighted by atomic mass is 79.9. The fourth-order valence-corrected chi connectivity index (χ4v) is 3.30. The predicted molar refractivity (Wildman–Crippen MR) is 106 cm³/mol. The summed E-state index contributed by atoms with van der Waals surface area (Å²) in [7, 11) is 0. The summed E-state index contributed by atoms with van der Waals surface area (Å²) in [5, 5.41) is 0. The lowest BCUT2D eigenvalue weighted by atomic mass is 10.2. The summed E-state index contributed by atoms with van der Waals surface area (Å²) in [4.78, 5) is 16.3. The number of halogens is 1. The molecule has 0 N–H and O–H groups in total. The maximum absolute atomic E-state index is 12.3. The van der Waals surface area contributed by atoms with Crippen molar-refractivity contribution in [3.63, 3.8) is 0 Å². The van der Waals surface area contributed by atoms with Crippen molar-refractivity contribution in [1.82, 2.24) is 4.90 Å². The van der Waals surface area contributed by atoms with Crippen LogP contribution in [-0.4, -0.2) is 43.8 Å². The number of amides is 1. The second-order valence-electron chi connectivity index (χ2n) is 6.06. The van der Waals surface area contributed by atoms with Gasteiger partial charge < -0.3 is 19.3 Å². The van der Waals surface area contributed by atoms with Crippen molar-refractivity contribution < 1.29 is 14.3 Å². The van der Waals surface area contributed by atoms with Gasteiger partial charge in [0.15, 0.2) is 0 Å². The predicted octanol–water partition coefficient (Wildman–Crippen LogP) is 4.31. The number of rotatable bonds is 5. The van der Waals surface area contributed by atoms with E-state index >= 15 is 0 Å². The van der Waals surface area contributed by atoms with Crippen LogP contribution in [0.4, 0.5) is 10.5 Å². The minimum atomic E-state index is -0.255. The summed E-state index contributed by atoms with van der Waals surface area (Å²) in [6.07, 6.45) is -0.255. The van der Waals surface area contributed by atoms with E-state index < -0.39 is 0 Å². The molecule has 0 atom stereocenters. The van der Waals surface area contributed by atoms with Gasteiger partial charge >= 0.3 is 6.09 Å². The smallest absolute Gasteiger partial charge is 0.410 e. The lowest BCUT2D eigenvalue weighted by molar-refractivity contribution is 0.0941. The van der Waals surface area contributed by atoms with Crippen molar-refractivity contribution in [2.45, 2.75) is 13.5 Å². The lowest BCUT2D eigenvalue weighted by Gasteiger charge is -2.36. The highest BCUT2D eigenvalue weighted by Crippen LogP contribution is 2.32. The van der Waals surface area contributed by atoms with Crippen molar-refractivity contribution in [1.29, 1.82) is 0 Å². The van der Waals surface area contributed by atoms with E-state index in [2.05, 4.69) is 26.9 Å². The molecule has 6 heteroatoms. The zero-order chi connectivity index (χ0) is 18.4. The van der Waals surface area contributed by atoms with E-state index in [9.17, 15) is 4.79 Å². The number of carbonyl (C=O) groups excluding carboxylic acids is 1. The van der Waals surface area contributed by atoms with E-state index in [0.717, 1.165) is 34.6 Å². The molecule has 1 heterocycles. The van der Waals surface area contributed by atoms with E-state index in [0.29, 0.717) is 26.3 Å². The molecule has 1 saturated heterocycles. The van der Waals surface area contributed by atoms with Crippen LogP contribution in [0.2, 0.25) is 0 Å². The Kier molecular flexibility index (Phi) is 6.39. The molecule has 0 bridgehead atoms.